The van der Waals surface area contributed by atoms with Crippen molar-refractivity contribution in [1.29, 1.82) is 0 Å². The van der Waals surface area contributed by atoms with Crippen LogP contribution in [0.3, 0.4) is 0 Å². The standard InChI is InChI=1S/C21H18ClFN2O3/c1-13-10-16(6-7-18(13)22)27-12-20(26)25-9-8-17-19(11-25)24-28-21(17)14-2-4-15(23)5-3-14/h2-7,10H,8-9,11-12H2,1H3. The van der Waals surface area contributed by atoms with Crippen LogP contribution in [-0.2, 0) is 17.8 Å². The Kier molecular flexibility index (Phi) is 5.05. The van der Waals surface area contributed by atoms with E-state index in [9.17, 15) is 9.18 Å². The normalized spacial score (nSPS) is 13.3. The van der Waals surface area contributed by atoms with Crippen molar-refractivity contribution in [3.63, 3.8) is 0 Å². The number of amides is 1. The van der Waals surface area contributed by atoms with Crippen LogP contribution in [0.25, 0.3) is 11.3 Å². The van der Waals surface area contributed by atoms with E-state index in [-0.39, 0.29) is 18.3 Å². The Morgan fingerprint density at radius 2 is 2.07 bits per heavy atom. The monoisotopic (exact) mass is 400 g/mol. The second-order valence-corrected chi connectivity index (χ2v) is 7.12. The molecule has 0 fully saturated rings. The first kappa shape index (κ1) is 18.5. The average molecular weight is 401 g/mol. The van der Waals surface area contributed by atoms with Gasteiger partial charge >= 0.3 is 0 Å². The molecular formula is C21H18ClFN2O3. The average Bonchev–Trinajstić information content (AvgIpc) is 3.12. The minimum Gasteiger partial charge on any atom is -0.484 e. The molecule has 2 heterocycles. The summed E-state index contributed by atoms with van der Waals surface area (Å²) in [5, 5.41) is 4.77. The van der Waals surface area contributed by atoms with Crippen LogP contribution in [0.2, 0.25) is 5.02 Å². The van der Waals surface area contributed by atoms with Crippen LogP contribution >= 0.6 is 11.6 Å². The Labute approximate surface area is 166 Å². The van der Waals surface area contributed by atoms with E-state index in [4.69, 9.17) is 20.9 Å². The number of carbonyl (C=O) groups is 1. The molecule has 1 amide bonds. The molecule has 0 radical (unpaired) electrons. The van der Waals surface area contributed by atoms with Gasteiger partial charge < -0.3 is 14.2 Å². The Bertz CT molecular complexity index is 1020. The topological polar surface area (TPSA) is 55.6 Å². The molecule has 4 rings (SSSR count). The Hall–Kier alpha value is -2.86. The summed E-state index contributed by atoms with van der Waals surface area (Å²) in [6.07, 6.45) is 0.622. The van der Waals surface area contributed by atoms with E-state index in [2.05, 4.69) is 5.16 Å². The lowest BCUT2D eigenvalue weighted by molar-refractivity contribution is -0.134. The largest absolute Gasteiger partial charge is 0.484 e. The molecule has 2 aromatic carbocycles. The van der Waals surface area contributed by atoms with Gasteiger partial charge in [0.15, 0.2) is 12.4 Å². The molecule has 0 saturated heterocycles. The quantitative estimate of drug-likeness (QED) is 0.651. The first-order valence-corrected chi connectivity index (χ1v) is 9.29. The van der Waals surface area contributed by atoms with Gasteiger partial charge in [-0.1, -0.05) is 16.8 Å². The highest BCUT2D eigenvalue weighted by Gasteiger charge is 2.27. The number of fused-ring (bicyclic) bond motifs is 1. The predicted molar refractivity (Wildman–Crippen MR) is 103 cm³/mol. The molecule has 0 bridgehead atoms. The van der Waals surface area contributed by atoms with Crippen molar-refractivity contribution >= 4 is 17.5 Å². The molecule has 0 spiro atoms. The second kappa shape index (κ2) is 7.64. The fourth-order valence-corrected chi connectivity index (χ4v) is 3.33. The lowest BCUT2D eigenvalue weighted by atomic mass is 10.0. The summed E-state index contributed by atoms with van der Waals surface area (Å²) in [4.78, 5) is 14.2. The molecule has 1 aliphatic heterocycles. The molecule has 144 valence electrons. The van der Waals surface area contributed by atoms with Crippen LogP contribution in [0.5, 0.6) is 5.75 Å². The molecule has 28 heavy (non-hydrogen) atoms. The number of aromatic nitrogens is 1. The maximum Gasteiger partial charge on any atom is 0.260 e. The maximum absolute atomic E-state index is 13.1. The van der Waals surface area contributed by atoms with Gasteiger partial charge in [-0.05, 0) is 61.4 Å². The smallest absolute Gasteiger partial charge is 0.260 e. The third-order valence-electron chi connectivity index (χ3n) is 4.79. The van der Waals surface area contributed by atoms with E-state index in [1.807, 2.05) is 6.92 Å². The minimum absolute atomic E-state index is 0.0565. The first-order chi connectivity index (χ1) is 13.5. The molecule has 0 aliphatic carbocycles. The third kappa shape index (κ3) is 3.73. The van der Waals surface area contributed by atoms with Crippen LogP contribution in [0.1, 0.15) is 16.8 Å². The van der Waals surface area contributed by atoms with Gasteiger partial charge in [-0.25, -0.2) is 4.39 Å². The number of rotatable bonds is 4. The number of carbonyl (C=O) groups excluding carboxylic acids is 1. The first-order valence-electron chi connectivity index (χ1n) is 8.91. The fourth-order valence-electron chi connectivity index (χ4n) is 3.22. The second-order valence-electron chi connectivity index (χ2n) is 6.71. The zero-order valence-corrected chi connectivity index (χ0v) is 16.0. The Balaban J connectivity index is 1.42. The lowest BCUT2D eigenvalue weighted by Crippen LogP contribution is -2.38. The molecule has 0 saturated carbocycles. The number of benzene rings is 2. The third-order valence-corrected chi connectivity index (χ3v) is 5.22. The minimum atomic E-state index is -0.301. The molecule has 1 aromatic heterocycles. The van der Waals surface area contributed by atoms with E-state index in [1.165, 1.54) is 12.1 Å². The summed E-state index contributed by atoms with van der Waals surface area (Å²) in [5.74, 6) is 0.817. The highest BCUT2D eigenvalue weighted by Crippen LogP contribution is 2.30. The van der Waals surface area contributed by atoms with Crippen molar-refractivity contribution in [3.8, 4) is 17.1 Å². The molecule has 0 N–H and O–H groups in total. The Morgan fingerprint density at radius 3 is 2.82 bits per heavy atom. The van der Waals surface area contributed by atoms with Gasteiger partial charge in [0.25, 0.3) is 5.91 Å². The van der Waals surface area contributed by atoms with Crippen molar-refractivity contribution in [3.05, 3.63) is 70.1 Å². The maximum atomic E-state index is 13.1. The predicted octanol–water partition coefficient (Wildman–Crippen LogP) is 4.41. The number of hydrogen-bond donors (Lipinski definition) is 0. The number of nitrogens with zero attached hydrogens (tertiary/aromatic N) is 2. The molecule has 7 heteroatoms. The van der Waals surface area contributed by atoms with Gasteiger partial charge in [0, 0.05) is 22.7 Å². The van der Waals surface area contributed by atoms with Gasteiger partial charge in [-0.15, -0.1) is 0 Å². The number of aryl methyl sites for hydroxylation is 1. The number of hydrogen-bond acceptors (Lipinski definition) is 4. The van der Waals surface area contributed by atoms with Crippen molar-refractivity contribution in [2.24, 2.45) is 0 Å². The fraction of sp³-hybridized carbons (Fsp3) is 0.238. The van der Waals surface area contributed by atoms with Crippen LogP contribution in [-0.4, -0.2) is 29.1 Å². The zero-order chi connectivity index (χ0) is 19.7. The molecule has 0 atom stereocenters. The summed E-state index contributed by atoms with van der Waals surface area (Å²) >= 11 is 6.00. The van der Waals surface area contributed by atoms with Gasteiger partial charge in [-0.3, -0.25) is 4.79 Å². The van der Waals surface area contributed by atoms with E-state index < -0.39 is 0 Å². The van der Waals surface area contributed by atoms with Crippen LogP contribution < -0.4 is 4.74 Å². The SMILES string of the molecule is Cc1cc(OCC(=O)N2CCc3c(noc3-c3ccc(F)cc3)C2)ccc1Cl. The molecule has 1 aliphatic rings. The molecule has 3 aromatic rings. The summed E-state index contributed by atoms with van der Waals surface area (Å²) in [6.45, 7) is 2.73. The summed E-state index contributed by atoms with van der Waals surface area (Å²) < 4.78 is 24.2. The van der Waals surface area contributed by atoms with Crippen molar-refractivity contribution in [2.75, 3.05) is 13.2 Å². The lowest BCUT2D eigenvalue weighted by Gasteiger charge is -2.26. The highest BCUT2D eigenvalue weighted by molar-refractivity contribution is 6.31. The molecule has 5 nitrogen and oxygen atoms in total. The van der Waals surface area contributed by atoms with Crippen LogP contribution in [0.15, 0.2) is 47.0 Å². The summed E-state index contributed by atoms with van der Waals surface area (Å²) in [6, 6.07) is 11.4. The van der Waals surface area contributed by atoms with E-state index >= 15 is 0 Å². The number of halogens is 2. The van der Waals surface area contributed by atoms with E-state index in [0.717, 1.165) is 22.4 Å². The van der Waals surface area contributed by atoms with Crippen LogP contribution in [0, 0.1) is 12.7 Å². The van der Waals surface area contributed by atoms with Crippen LogP contribution in [0.4, 0.5) is 4.39 Å². The van der Waals surface area contributed by atoms with Gasteiger partial charge in [0.05, 0.1) is 6.54 Å². The molecular weight excluding hydrogens is 383 g/mol. The summed E-state index contributed by atoms with van der Waals surface area (Å²) in [5.41, 5.74) is 3.35. The molecule has 0 unspecified atom stereocenters. The Morgan fingerprint density at radius 1 is 1.29 bits per heavy atom. The number of ether oxygens (including phenoxy) is 1. The van der Waals surface area contributed by atoms with Crippen molar-refractivity contribution in [1.82, 2.24) is 10.1 Å². The van der Waals surface area contributed by atoms with Crippen molar-refractivity contribution in [2.45, 2.75) is 19.9 Å². The van der Waals surface area contributed by atoms with Gasteiger partial charge in [0.2, 0.25) is 0 Å². The van der Waals surface area contributed by atoms with Gasteiger partial charge in [-0.2, -0.15) is 0 Å². The van der Waals surface area contributed by atoms with E-state index in [1.54, 1.807) is 35.2 Å². The van der Waals surface area contributed by atoms with Crippen molar-refractivity contribution < 1.29 is 18.4 Å². The van der Waals surface area contributed by atoms with Gasteiger partial charge in [0.1, 0.15) is 17.3 Å². The zero-order valence-electron chi connectivity index (χ0n) is 15.2. The van der Waals surface area contributed by atoms with E-state index in [0.29, 0.717) is 36.0 Å². The summed E-state index contributed by atoms with van der Waals surface area (Å²) in [7, 11) is 0. The highest BCUT2D eigenvalue weighted by atomic mass is 35.5.